The van der Waals surface area contributed by atoms with Crippen LogP contribution in [0.3, 0.4) is 0 Å². The first-order chi connectivity index (χ1) is 7.06. The SMILES string of the molecule is Cc1c(CNC[C@@H](C)O)cc(C#N)n1C. The van der Waals surface area contributed by atoms with Gasteiger partial charge >= 0.3 is 0 Å². The highest BCUT2D eigenvalue weighted by Crippen LogP contribution is 2.12. The Balaban J connectivity index is 2.66. The van der Waals surface area contributed by atoms with Crippen molar-refractivity contribution in [2.45, 2.75) is 26.5 Å². The molecule has 0 spiro atoms. The highest BCUT2D eigenvalue weighted by atomic mass is 16.3. The van der Waals surface area contributed by atoms with Gasteiger partial charge < -0.3 is 15.0 Å². The Bertz CT molecular complexity index is 374. The predicted molar refractivity (Wildman–Crippen MR) is 58.3 cm³/mol. The predicted octanol–water partition coefficient (Wildman–Crippen LogP) is 0.676. The average molecular weight is 207 g/mol. The summed E-state index contributed by atoms with van der Waals surface area (Å²) in [6.07, 6.45) is -0.343. The average Bonchev–Trinajstić information content (AvgIpc) is 2.45. The lowest BCUT2D eigenvalue weighted by Gasteiger charge is -2.06. The van der Waals surface area contributed by atoms with Crippen LogP contribution in [-0.2, 0) is 13.6 Å². The summed E-state index contributed by atoms with van der Waals surface area (Å²) in [5.74, 6) is 0. The van der Waals surface area contributed by atoms with E-state index in [0.717, 1.165) is 11.3 Å². The highest BCUT2D eigenvalue weighted by Gasteiger charge is 2.07. The smallest absolute Gasteiger partial charge is 0.120 e. The van der Waals surface area contributed by atoms with Gasteiger partial charge in [-0.25, -0.2) is 0 Å². The van der Waals surface area contributed by atoms with E-state index in [0.29, 0.717) is 18.8 Å². The number of aliphatic hydroxyl groups excluding tert-OH is 1. The second-order valence-corrected chi connectivity index (χ2v) is 3.79. The van der Waals surface area contributed by atoms with Crippen LogP contribution in [0.25, 0.3) is 0 Å². The molecule has 0 unspecified atom stereocenters. The number of nitriles is 1. The number of rotatable bonds is 4. The summed E-state index contributed by atoms with van der Waals surface area (Å²) >= 11 is 0. The molecule has 82 valence electrons. The first-order valence-corrected chi connectivity index (χ1v) is 5.00. The van der Waals surface area contributed by atoms with E-state index in [2.05, 4.69) is 11.4 Å². The van der Waals surface area contributed by atoms with Crippen LogP contribution in [0.5, 0.6) is 0 Å². The zero-order valence-electron chi connectivity index (χ0n) is 9.41. The van der Waals surface area contributed by atoms with Crippen LogP contribution in [0.1, 0.15) is 23.9 Å². The van der Waals surface area contributed by atoms with Crippen molar-refractivity contribution in [2.75, 3.05) is 6.54 Å². The molecule has 0 aliphatic heterocycles. The first kappa shape index (κ1) is 11.8. The van der Waals surface area contributed by atoms with Crippen LogP contribution in [0.4, 0.5) is 0 Å². The largest absolute Gasteiger partial charge is 0.392 e. The van der Waals surface area contributed by atoms with Crippen LogP contribution in [0.15, 0.2) is 6.07 Å². The van der Waals surface area contributed by atoms with Crippen molar-refractivity contribution in [3.05, 3.63) is 23.0 Å². The highest BCUT2D eigenvalue weighted by molar-refractivity contribution is 5.33. The summed E-state index contributed by atoms with van der Waals surface area (Å²) < 4.78 is 1.87. The molecule has 0 radical (unpaired) electrons. The van der Waals surface area contributed by atoms with Gasteiger partial charge in [-0.1, -0.05) is 0 Å². The molecule has 15 heavy (non-hydrogen) atoms. The van der Waals surface area contributed by atoms with Crippen molar-refractivity contribution in [1.29, 1.82) is 5.26 Å². The molecular formula is C11H17N3O. The quantitative estimate of drug-likeness (QED) is 0.763. The number of aromatic nitrogens is 1. The molecule has 0 aliphatic rings. The number of nitrogens with zero attached hydrogens (tertiary/aromatic N) is 2. The third-order valence-electron chi connectivity index (χ3n) is 2.51. The summed E-state index contributed by atoms with van der Waals surface area (Å²) in [7, 11) is 1.88. The van der Waals surface area contributed by atoms with Gasteiger partial charge in [0.2, 0.25) is 0 Å². The van der Waals surface area contributed by atoms with E-state index < -0.39 is 0 Å². The third kappa shape index (κ3) is 2.82. The van der Waals surface area contributed by atoms with E-state index >= 15 is 0 Å². The summed E-state index contributed by atoms with van der Waals surface area (Å²) in [4.78, 5) is 0. The van der Waals surface area contributed by atoms with Crippen molar-refractivity contribution in [1.82, 2.24) is 9.88 Å². The van der Waals surface area contributed by atoms with Gasteiger partial charge in [0.05, 0.1) is 6.10 Å². The summed E-state index contributed by atoms with van der Waals surface area (Å²) in [5.41, 5.74) is 2.86. The maximum Gasteiger partial charge on any atom is 0.120 e. The Hall–Kier alpha value is -1.31. The van der Waals surface area contributed by atoms with Crippen LogP contribution >= 0.6 is 0 Å². The fraction of sp³-hybridized carbons (Fsp3) is 0.545. The summed E-state index contributed by atoms with van der Waals surface area (Å²) in [6, 6.07) is 4.02. The van der Waals surface area contributed by atoms with Gasteiger partial charge in [0, 0.05) is 25.8 Å². The minimum Gasteiger partial charge on any atom is -0.392 e. The van der Waals surface area contributed by atoms with Crippen molar-refractivity contribution < 1.29 is 5.11 Å². The summed E-state index contributed by atoms with van der Waals surface area (Å²) in [6.45, 7) is 4.98. The zero-order chi connectivity index (χ0) is 11.4. The molecule has 1 aromatic rings. The second-order valence-electron chi connectivity index (χ2n) is 3.79. The maximum atomic E-state index is 9.09. The Morgan fingerprint density at radius 1 is 1.67 bits per heavy atom. The van der Waals surface area contributed by atoms with Crippen LogP contribution in [-0.4, -0.2) is 22.3 Å². The molecule has 0 aliphatic carbocycles. The molecular weight excluding hydrogens is 190 g/mol. The molecule has 4 nitrogen and oxygen atoms in total. The van der Waals surface area contributed by atoms with Gasteiger partial charge in [0.25, 0.3) is 0 Å². The molecule has 0 aromatic carbocycles. The molecule has 0 saturated heterocycles. The van der Waals surface area contributed by atoms with Crippen molar-refractivity contribution >= 4 is 0 Å². The van der Waals surface area contributed by atoms with E-state index in [4.69, 9.17) is 10.4 Å². The minimum absolute atomic E-state index is 0.343. The summed E-state index contributed by atoms with van der Waals surface area (Å²) in [5, 5.41) is 21.1. The third-order valence-corrected chi connectivity index (χ3v) is 2.51. The Morgan fingerprint density at radius 2 is 2.33 bits per heavy atom. The van der Waals surface area contributed by atoms with E-state index in [-0.39, 0.29) is 6.10 Å². The van der Waals surface area contributed by atoms with Crippen molar-refractivity contribution in [3.8, 4) is 6.07 Å². The van der Waals surface area contributed by atoms with Crippen LogP contribution < -0.4 is 5.32 Å². The van der Waals surface area contributed by atoms with E-state index in [9.17, 15) is 0 Å². The first-order valence-electron chi connectivity index (χ1n) is 5.00. The monoisotopic (exact) mass is 207 g/mol. The van der Waals surface area contributed by atoms with Crippen molar-refractivity contribution in [2.24, 2.45) is 7.05 Å². The fourth-order valence-corrected chi connectivity index (χ4v) is 1.46. The Kier molecular flexibility index (Phi) is 3.89. The molecule has 0 fully saturated rings. The lowest BCUT2D eigenvalue weighted by Crippen LogP contribution is -2.24. The lowest BCUT2D eigenvalue weighted by atomic mass is 10.2. The van der Waals surface area contributed by atoms with E-state index in [1.54, 1.807) is 6.92 Å². The maximum absolute atomic E-state index is 9.09. The van der Waals surface area contributed by atoms with Gasteiger partial charge in [0.1, 0.15) is 11.8 Å². The van der Waals surface area contributed by atoms with Crippen molar-refractivity contribution in [3.63, 3.8) is 0 Å². The normalized spacial score (nSPS) is 12.5. The topological polar surface area (TPSA) is 61.0 Å². The van der Waals surface area contributed by atoms with Crippen LogP contribution in [0.2, 0.25) is 0 Å². The fourth-order valence-electron chi connectivity index (χ4n) is 1.46. The number of nitrogens with one attached hydrogen (secondary N) is 1. The molecule has 0 saturated carbocycles. The van der Waals surface area contributed by atoms with Gasteiger partial charge in [-0.2, -0.15) is 5.26 Å². The van der Waals surface area contributed by atoms with E-state index in [1.165, 1.54) is 0 Å². The van der Waals surface area contributed by atoms with Gasteiger partial charge in [-0.15, -0.1) is 0 Å². The van der Waals surface area contributed by atoms with Gasteiger partial charge in [-0.05, 0) is 25.5 Å². The zero-order valence-corrected chi connectivity index (χ0v) is 9.41. The minimum atomic E-state index is -0.343. The lowest BCUT2D eigenvalue weighted by molar-refractivity contribution is 0.191. The molecule has 0 bridgehead atoms. The number of aliphatic hydroxyl groups is 1. The second kappa shape index (κ2) is 4.96. The van der Waals surface area contributed by atoms with Crippen LogP contribution in [0, 0.1) is 18.3 Å². The molecule has 1 atom stereocenters. The Labute approximate surface area is 90.1 Å². The van der Waals surface area contributed by atoms with E-state index in [1.807, 2.05) is 24.6 Å². The Morgan fingerprint density at radius 3 is 2.80 bits per heavy atom. The number of hydrogen-bond donors (Lipinski definition) is 2. The molecule has 1 rings (SSSR count). The standard InChI is InChI=1S/C11H17N3O/c1-8(15)6-13-7-10-4-11(5-12)14(3)9(10)2/h4,8,13,15H,6-7H2,1-3H3/t8-/m1/s1. The molecule has 0 amide bonds. The molecule has 1 aromatic heterocycles. The molecule has 1 heterocycles. The number of hydrogen-bond acceptors (Lipinski definition) is 3. The molecule has 2 N–H and O–H groups in total. The van der Waals surface area contributed by atoms with Gasteiger partial charge in [-0.3, -0.25) is 0 Å². The molecule has 4 heteroatoms. The van der Waals surface area contributed by atoms with Gasteiger partial charge in [0.15, 0.2) is 0 Å².